The van der Waals surface area contributed by atoms with Crippen molar-refractivity contribution in [3.8, 4) is 0 Å². The maximum atomic E-state index is 13.3. The van der Waals surface area contributed by atoms with Gasteiger partial charge < -0.3 is 10.3 Å². The van der Waals surface area contributed by atoms with Gasteiger partial charge in [0.1, 0.15) is 11.8 Å². The first-order valence-electron chi connectivity index (χ1n) is 9.27. The molecule has 4 heterocycles. The van der Waals surface area contributed by atoms with Gasteiger partial charge in [0.2, 0.25) is 0 Å². The third-order valence-corrected chi connectivity index (χ3v) is 4.73. The van der Waals surface area contributed by atoms with Crippen LogP contribution in [-0.2, 0) is 6.54 Å². The molecule has 0 fully saturated rings. The molecule has 1 aromatic carbocycles. The summed E-state index contributed by atoms with van der Waals surface area (Å²) in [5.74, 6) is 1.08. The monoisotopic (exact) mass is 399 g/mol. The van der Waals surface area contributed by atoms with Crippen molar-refractivity contribution >= 4 is 33.6 Å². The Bertz CT molecular complexity index is 1410. The maximum absolute atomic E-state index is 13.3. The second kappa shape index (κ2) is 7.24. The van der Waals surface area contributed by atoms with Gasteiger partial charge in [-0.15, -0.1) is 0 Å². The van der Waals surface area contributed by atoms with E-state index in [-0.39, 0.29) is 12.1 Å². The van der Waals surface area contributed by atoms with Crippen molar-refractivity contribution in [3.63, 3.8) is 0 Å². The lowest BCUT2D eigenvalue weighted by atomic mass is 10.1. The fraction of sp³-hybridized carbons (Fsp3) is 0.100. The smallest absolute Gasteiger partial charge is 0.280 e. The molecule has 0 aliphatic heterocycles. The number of nitrogens with zero attached hydrogens (tertiary/aromatic N) is 6. The second-order valence-electron chi connectivity index (χ2n) is 6.66. The number of nitrogens with one attached hydrogen (secondary N) is 3. The average molecular weight is 399 g/mol. The molecule has 4 aromatic heterocycles. The Balaban J connectivity index is 1.59. The number of hydrogen-bond acceptors (Lipinski definition) is 8. The topological polar surface area (TPSA) is 126 Å². The summed E-state index contributed by atoms with van der Waals surface area (Å²) in [6.45, 7) is 2.15. The minimum absolute atomic E-state index is 0.180. The Morgan fingerprint density at radius 3 is 2.83 bits per heavy atom. The second-order valence-corrected chi connectivity index (χ2v) is 6.66. The summed E-state index contributed by atoms with van der Waals surface area (Å²) in [4.78, 5) is 37.6. The zero-order valence-electron chi connectivity index (χ0n) is 16.0. The fourth-order valence-corrected chi connectivity index (χ4v) is 3.29. The summed E-state index contributed by atoms with van der Waals surface area (Å²) >= 11 is 0. The Hall–Kier alpha value is -4.34. The zero-order chi connectivity index (χ0) is 20.5. The number of aromatic nitrogens is 7. The van der Waals surface area contributed by atoms with E-state index in [4.69, 9.17) is 4.98 Å². The molecule has 148 valence electrons. The van der Waals surface area contributed by atoms with E-state index in [2.05, 4.69) is 35.7 Å². The summed E-state index contributed by atoms with van der Waals surface area (Å²) < 4.78 is 1.45. The van der Waals surface area contributed by atoms with Crippen molar-refractivity contribution in [2.45, 2.75) is 13.5 Å². The molecule has 0 unspecified atom stereocenters. The Morgan fingerprint density at radius 2 is 1.97 bits per heavy atom. The molecular formula is C20H17N9O. The number of aryl methyl sites for hydroxylation is 1. The standard InChI is InChI=1S/C20H17N9O/c1-12-3-2-4-14-16(12)20(30)29(28-13-5-7-21-8-6-13)15(27-14)9-22-18-17-19(24-10-23-17)26-11-25-18/h2-8,10-11H,9H2,1H3,(H,21,28)(H2,22,23,24,25,26). The first kappa shape index (κ1) is 17.7. The van der Waals surface area contributed by atoms with E-state index in [1.165, 1.54) is 11.0 Å². The van der Waals surface area contributed by atoms with Crippen molar-refractivity contribution < 1.29 is 0 Å². The summed E-state index contributed by atoms with van der Waals surface area (Å²) in [5, 5.41) is 3.80. The Labute approximate surface area is 170 Å². The normalized spacial score (nSPS) is 11.1. The van der Waals surface area contributed by atoms with Crippen LogP contribution < -0.4 is 16.3 Å². The molecule has 0 bridgehead atoms. The SMILES string of the molecule is Cc1cccc2nc(CNc3ncnc4nc[nH]c34)n(Nc3ccncc3)c(=O)c12. The third kappa shape index (κ3) is 3.09. The molecule has 0 atom stereocenters. The molecule has 0 aliphatic rings. The van der Waals surface area contributed by atoms with E-state index in [0.717, 1.165) is 11.3 Å². The van der Waals surface area contributed by atoms with Crippen molar-refractivity contribution in [2.75, 3.05) is 10.7 Å². The number of hydrogen-bond donors (Lipinski definition) is 3. The van der Waals surface area contributed by atoms with Gasteiger partial charge >= 0.3 is 0 Å². The molecule has 0 spiro atoms. The first-order chi connectivity index (χ1) is 14.7. The summed E-state index contributed by atoms with van der Waals surface area (Å²) in [6.07, 6.45) is 6.30. The van der Waals surface area contributed by atoms with Crippen molar-refractivity contribution in [2.24, 2.45) is 0 Å². The highest BCUT2D eigenvalue weighted by molar-refractivity contribution is 5.82. The number of benzene rings is 1. The molecular weight excluding hydrogens is 382 g/mol. The number of anilines is 2. The van der Waals surface area contributed by atoms with E-state index in [1.54, 1.807) is 30.9 Å². The van der Waals surface area contributed by atoms with Gasteiger partial charge in [-0.25, -0.2) is 24.6 Å². The quantitative estimate of drug-likeness (QED) is 0.411. The molecule has 30 heavy (non-hydrogen) atoms. The molecule has 10 nitrogen and oxygen atoms in total. The van der Waals surface area contributed by atoms with Crippen LogP contribution in [0, 0.1) is 6.92 Å². The van der Waals surface area contributed by atoms with Crippen LogP contribution >= 0.6 is 0 Å². The molecule has 3 N–H and O–H groups in total. The largest absolute Gasteiger partial charge is 0.361 e. The predicted octanol–water partition coefficient (Wildman–Crippen LogP) is 2.25. The number of H-pyrrole nitrogens is 1. The van der Waals surface area contributed by atoms with Gasteiger partial charge in [-0.05, 0) is 30.7 Å². The maximum Gasteiger partial charge on any atom is 0.280 e. The lowest BCUT2D eigenvalue weighted by molar-refractivity contribution is 0.782. The minimum atomic E-state index is -0.180. The van der Waals surface area contributed by atoms with Crippen LogP contribution in [0.15, 0.2) is 60.2 Å². The number of aromatic amines is 1. The van der Waals surface area contributed by atoms with Gasteiger partial charge in [-0.2, -0.15) is 0 Å². The number of rotatable bonds is 5. The van der Waals surface area contributed by atoms with E-state index in [1.807, 2.05) is 25.1 Å². The molecule has 0 amide bonds. The fourth-order valence-electron chi connectivity index (χ4n) is 3.29. The van der Waals surface area contributed by atoms with Crippen molar-refractivity contribution in [1.82, 2.24) is 34.6 Å². The lowest BCUT2D eigenvalue weighted by Gasteiger charge is -2.16. The molecule has 0 aliphatic carbocycles. The van der Waals surface area contributed by atoms with Gasteiger partial charge in [0.05, 0.1) is 29.5 Å². The van der Waals surface area contributed by atoms with Crippen LogP contribution in [0.25, 0.3) is 22.1 Å². The van der Waals surface area contributed by atoms with E-state index in [9.17, 15) is 4.79 Å². The van der Waals surface area contributed by atoms with Crippen molar-refractivity contribution in [3.05, 3.63) is 77.1 Å². The number of fused-ring (bicyclic) bond motifs is 2. The lowest BCUT2D eigenvalue weighted by Crippen LogP contribution is -2.32. The van der Waals surface area contributed by atoms with Gasteiger partial charge in [-0.3, -0.25) is 15.2 Å². The van der Waals surface area contributed by atoms with Gasteiger partial charge in [-0.1, -0.05) is 12.1 Å². The zero-order valence-corrected chi connectivity index (χ0v) is 16.0. The first-order valence-corrected chi connectivity index (χ1v) is 9.27. The highest BCUT2D eigenvalue weighted by atomic mass is 16.1. The van der Waals surface area contributed by atoms with E-state index >= 15 is 0 Å². The summed E-state index contributed by atoms with van der Waals surface area (Å²) in [7, 11) is 0. The van der Waals surface area contributed by atoms with E-state index in [0.29, 0.717) is 33.7 Å². The Kier molecular flexibility index (Phi) is 4.28. The third-order valence-electron chi connectivity index (χ3n) is 4.73. The summed E-state index contributed by atoms with van der Waals surface area (Å²) in [5.41, 5.74) is 6.43. The van der Waals surface area contributed by atoms with Gasteiger partial charge in [0.25, 0.3) is 5.56 Å². The number of imidazole rings is 1. The Morgan fingerprint density at radius 1 is 1.10 bits per heavy atom. The van der Waals surface area contributed by atoms with Gasteiger partial charge in [0.15, 0.2) is 17.3 Å². The molecule has 0 saturated heterocycles. The van der Waals surface area contributed by atoms with Gasteiger partial charge in [0, 0.05) is 12.4 Å². The van der Waals surface area contributed by atoms with Crippen LogP contribution in [0.3, 0.4) is 0 Å². The van der Waals surface area contributed by atoms with Crippen LogP contribution in [0.2, 0.25) is 0 Å². The highest BCUT2D eigenvalue weighted by Crippen LogP contribution is 2.17. The molecule has 5 aromatic rings. The highest BCUT2D eigenvalue weighted by Gasteiger charge is 2.14. The van der Waals surface area contributed by atoms with E-state index < -0.39 is 0 Å². The van der Waals surface area contributed by atoms with Crippen LogP contribution in [0.4, 0.5) is 11.5 Å². The average Bonchev–Trinajstić information content (AvgIpc) is 3.25. The van der Waals surface area contributed by atoms with Crippen molar-refractivity contribution in [1.29, 1.82) is 0 Å². The molecule has 0 radical (unpaired) electrons. The predicted molar refractivity (Wildman–Crippen MR) is 113 cm³/mol. The molecule has 0 saturated carbocycles. The molecule has 10 heteroatoms. The number of pyridine rings is 1. The summed E-state index contributed by atoms with van der Waals surface area (Å²) in [6, 6.07) is 9.19. The molecule has 5 rings (SSSR count). The van der Waals surface area contributed by atoms with Crippen LogP contribution in [0.1, 0.15) is 11.4 Å². The van der Waals surface area contributed by atoms with Crippen LogP contribution in [-0.4, -0.2) is 34.6 Å². The van der Waals surface area contributed by atoms with Crippen LogP contribution in [0.5, 0.6) is 0 Å². The minimum Gasteiger partial charge on any atom is -0.361 e.